The highest BCUT2D eigenvalue weighted by Gasteiger charge is 2.11. The first-order chi connectivity index (χ1) is 12.0. The summed E-state index contributed by atoms with van der Waals surface area (Å²) in [6.45, 7) is 0.0285. The number of halogens is 1. The lowest BCUT2D eigenvalue weighted by Gasteiger charge is -2.09. The Morgan fingerprint density at radius 3 is 2.40 bits per heavy atom. The summed E-state index contributed by atoms with van der Waals surface area (Å²) in [6, 6.07) is 15.0. The Balaban J connectivity index is 1.67. The molecule has 0 unspecified atom stereocenters. The molecule has 2 aromatic rings. The van der Waals surface area contributed by atoms with Gasteiger partial charge in [0.05, 0.1) is 5.75 Å². The summed E-state index contributed by atoms with van der Waals surface area (Å²) in [7, 11) is -3.51. The van der Waals surface area contributed by atoms with Crippen molar-refractivity contribution in [1.29, 1.82) is 0 Å². The Labute approximate surface area is 147 Å². The van der Waals surface area contributed by atoms with Crippen molar-refractivity contribution in [3.05, 3.63) is 66.0 Å². The molecule has 2 N–H and O–H groups in total. The number of anilines is 1. The van der Waals surface area contributed by atoms with Gasteiger partial charge in [-0.1, -0.05) is 36.4 Å². The molecule has 0 fully saturated rings. The fourth-order valence-electron chi connectivity index (χ4n) is 2.29. The molecule has 0 aliphatic heterocycles. The summed E-state index contributed by atoms with van der Waals surface area (Å²) in [5.74, 6) is -0.728. The molecule has 7 heteroatoms. The predicted octanol–water partition coefficient (Wildman–Crippen LogP) is 2.71. The van der Waals surface area contributed by atoms with Crippen LogP contribution in [0.15, 0.2) is 54.6 Å². The van der Waals surface area contributed by atoms with Crippen LogP contribution in [-0.2, 0) is 21.2 Å². The van der Waals surface area contributed by atoms with Gasteiger partial charge in [-0.05, 0) is 36.6 Å². The van der Waals surface area contributed by atoms with Gasteiger partial charge in [0.25, 0.3) is 0 Å². The molecule has 0 heterocycles. The molecule has 0 aliphatic rings. The molecule has 0 saturated heterocycles. The van der Waals surface area contributed by atoms with E-state index in [1.165, 1.54) is 6.07 Å². The number of aryl methyl sites for hydroxylation is 1. The number of carbonyl (C=O) groups excluding carboxylic acids is 1. The molecule has 0 aromatic heterocycles. The van der Waals surface area contributed by atoms with Crippen molar-refractivity contribution < 1.29 is 17.6 Å². The maximum absolute atomic E-state index is 13.5. The van der Waals surface area contributed by atoms with Gasteiger partial charge in [-0.3, -0.25) is 9.52 Å². The quantitative estimate of drug-likeness (QED) is 0.718. The van der Waals surface area contributed by atoms with Crippen LogP contribution >= 0.6 is 0 Å². The van der Waals surface area contributed by atoms with E-state index in [4.69, 9.17) is 0 Å². The van der Waals surface area contributed by atoms with Gasteiger partial charge < -0.3 is 5.32 Å². The topological polar surface area (TPSA) is 75.3 Å². The summed E-state index contributed by atoms with van der Waals surface area (Å²) < 4.78 is 39.7. The van der Waals surface area contributed by atoms with E-state index in [1.54, 1.807) is 48.5 Å². The fourth-order valence-corrected chi connectivity index (χ4v) is 3.26. The van der Waals surface area contributed by atoms with Crippen molar-refractivity contribution in [3.63, 3.8) is 0 Å². The van der Waals surface area contributed by atoms with Crippen LogP contribution < -0.4 is 10.0 Å². The zero-order chi connectivity index (χ0) is 18.1. The molecule has 1 amide bonds. The lowest BCUT2D eigenvalue weighted by atomic mass is 10.1. The van der Waals surface area contributed by atoms with Gasteiger partial charge >= 0.3 is 0 Å². The van der Waals surface area contributed by atoms with Crippen LogP contribution in [0.4, 0.5) is 10.1 Å². The number of hydrogen-bond acceptors (Lipinski definition) is 3. The average molecular weight is 364 g/mol. The van der Waals surface area contributed by atoms with Gasteiger partial charge in [0.1, 0.15) is 5.82 Å². The lowest BCUT2D eigenvalue weighted by molar-refractivity contribution is -0.121. The minimum atomic E-state index is -3.51. The summed E-state index contributed by atoms with van der Waals surface area (Å²) >= 11 is 0. The Morgan fingerprint density at radius 2 is 1.68 bits per heavy atom. The molecule has 0 bridgehead atoms. The zero-order valence-electron chi connectivity index (χ0n) is 13.7. The Bertz CT molecular complexity index is 795. The Kier molecular flexibility index (Phi) is 6.94. The van der Waals surface area contributed by atoms with E-state index >= 15 is 0 Å². The molecule has 0 saturated carbocycles. The molecule has 134 valence electrons. The number of sulfonamides is 1. The molecule has 0 aliphatic carbocycles. The van der Waals surface area contributed by atoms with Gasteiger partial charge in [0.15, 0.2) is 0 Å². The zero-order valence-corrected chi connectivity index (χ0v) is 14.6. The molecule has 0 spiro atoms. The van der Waals surface area contributed by atoms with Crippen molar-refractivity contribution in [1.82, 2.24) is 5.32 Å². The first-order valence-electron chi connectivity index (χ1n) is 8.02. The maximum Gasteiger partial charge on any atom is 0.234 e. The molecule has 25 heavy (non-hydrogen) atoms. The van der Waals surface area contributed by atoms with Crippen molar-refractivity contribution in [2.24, 2.45) is 0 Å². The minimum Gasteiger partial charge on any atom is -0.355 e. The summed E-state index contributed by atoms with van der Waals surface area (Å²) in [5, 5.41) is 2.57. The summed E-state index contributed by atoms with van der Waals surface area (Å²) in [6.07, 6.45) is 1.19. The van der Waals surface area contributed by atoms with Gasteiger partial charge in [0.2, 0.25) is 15.9 Å². The SMILES string of the molecule is O=C(CCCc1ccccc1F)NCCS(=O)(=O)Nc1ccccc1. The van der Waals surface area contributed by atoms with Crippen LogP contribution in [-0.4, -0.2) is 26.6 Å². The second-order valence-corrected chi connectivity index (χ2v) is 7.42. The molecule has 5 nitrogen and oxygen atoms in total. The second kappa shape index (κ2) is 9.17. The van der Waals surface area contributed by atoms with Gasteiger partial charge in [-0.2, -0.15) is 0 Å². The minimum absolute atomic E-state index is 0.0285. The lowest BCUT2D eigenvalue weighted by Crippen LogP contribution is -2.31. The normalized spacial score (nSPS) is 11.1. The molecule has 0 atom stereocenters. The van der Waals surface area contributed by atoms with E-state index in [0.29, 0.717) is 24.1 Å². The highest BCUT2D eigenvalue weighted by Crippen LogP contribution is 2.10. The molecule has 2 rings (SSSR count). The van der Waals surface area contributed by atoms with Crippen molar-refractivity contribution in [2.75, 3.05) is 17.0 Å². The first-order valence-corrected chi connectivity index (χ1v) is 9.67. The maximum atomic E-state index is 13.5. The monoisotopic (exact) mass is 364 g/mol. The van der Waals surface area contributed by atoms with E-state index in [-0.39, 0.29) is 30.4 Å². The van der Waals surface area contributed by atoms with Crippen LogP contribution in [0.2, 0.25) is 0 Å². The fraction of sp³-hybridized carbons (Fsp3) is 0.278. The van der Waals surface area contributed by atoms with Gasteiger partial charge in [-0.15, -0.1) is 0 Å². The molecular formula is C18H21FN2O3S. The average Bonchev–Trinajstić information content (AvgIpc) is 2.57. The number of benzene rings is 2. The Hall–Kier alpha value is -2.41. The molecule has 0 radical (unpaired) electrons. The van der Waals surface area contributed by atoms with Crippen molar-refractivity contribution >= 4 is 21.6 Å². The first kappa shape index (κ1) is 18.9. The largest absolute Gasteiger partial charge is 0.355 e. The number of hydrogen-bond donors (Lipinski definition) is 2. The smallest absolute Gasteiger partial charge is 0.234 e. The van der Waals surface area contributed by atoms with Crippen LogP contribution in [0.3, 0.4) is 0 Å². The van der Waals surface area contributed by atoms with Crippen molar-refractivity contribution in [3.8, 4) is 0 Å². The third-order valence-electron chi connectivity index (χ3n) is 3.55. The van der Waals surface area contributed by atoms with Crippen molar-refractivity contribution in [2.45, 2.75) is 19.3 Å². The molecule has 2 aromatic carbocycles. The number of nitrogens with one attached hydrogen (secondary N) is 2. The molecular weight excluding hydrogens is 343 g/mol. The second-order valence-electron chi connectivity index (χ2n) is 5.58. The van der Waals surface area contributed by atoms with Gasteiger partial charge in [-0.25, -0.2) is 12.8 Å². The predicted molar refractivity (Wildman–Crippen MR) is 96.2 cm³/mol. The number of amides is 1. The highest BCUT2D eigenvalue weighted by atomic mass is 32.2. The van der Waals surface area contributed by atoms with Gasteiger partial charge in [0, 0.05) is 18.7 Å². The van der Waals surface area contributed by atoms with E-state index in [1.807, 2.05) is 0 Å². The van der Waals surface area contributed by atoms with E-state index in [0.717, 1.165) is 0 Å². The van der Waals surface area contributed by atoms with E-state index < -0.39 is 10.0 Å². The number of rotatable bonds is 9. The van der Waals surface area contributed by atoms with E-state index in [2.05, 4.69) is 10.0 Å². The van der Waals surface area contributed by atoms with Crippen LogP contribution in [0.25, 0.3) is 0 Å². The third-order valence-corrected chi connectivity index (χ3v) is 4.84. The third kappa shape index (κ3) is 6.93. The summed E-state index contributed by atoms with van der Waals surface area (Å²) in [5.41, 5.74) is 1.06. The number of carbonyl (C=O) groups is 1. The summed E-state index contributed by atoms with van der Waals surface area (Å²) in [4.78, 5) is 11.7. The van der Waals surface area contributed by atoms with Crippen LogP contribution in [0.1, 0.15) is 18.4 Å². The van der Waals surface area contributed by atoms with E-state index in [9.17, 15) is 17.6 Å². The van der Waals surface area contributed by atoms with Crippen LogP contribution in [0, 0.1) is 5.82 Å². The number of para-hydroxylation sites is 1. The Morgan fingerprint density at radius 1 is 1.00 bits per heavy atom. The highest BCUT2D eigenvalue weighted by molar-refractivity contribution is 7.92. The standard InChI is InChI=1S/C18H21FN2O3S/c19-17-11-5-4-7-15(17)8-6-12-18(22)20-13-14-25(23,24)21-16-9-2-1-3-10-16/h1-5,7,9-11,21H,6,8,12-14H2,(H,20,22). The van der Waals surface area contributed by atoms with Crippen LogP contribution in [0.5, 0.6) is 0 Å².